The van der Waals surface area contributed by atoms with Gasteiger partial charge in [-0.2, -0.15) is 0 Å². The van der Waals surface area contributed by atoms with Crippen LogP contribution in [0.2, 0.25) is 0 Å². The van der Waals surface area contributed by atoms with Gasteiger partial charge in [-0.3, -0.25) is 9.59 Å². The van der Waals surface area contributed by atoms with Crippen molar-refractivity contribution in [2.75, 3.05) is 17.2 Å². The van der Waals surface area contributed by atoms with E-state index in [1.807, 2.05) is 30.3 Å². The molecular formula is C22H23N5O2. The Balaban J connectivity index is 1.51. The smallest absolute Gasteiger partial charge is 0.270 e. The first-order valence-electron chi connectivity index (χ1n) is 9.39. The molecule has 7 nitrogen and oxygen atoms in total. The van der Waals surface area contributed by atoms with Gasteiger partial charge < -0.3 is 16.0 Å². The van der Waals surface area contributed by atoms with Gasteiger partial charge in [-0.15, -0.1) is 0 Å². The number of aromatic nitrogens is 2. The van der Waals surface area contributed by atoms with Gasteiger partial charge in [0, 0.05) is 30.9 Å². The number of rotatable bonds is 8. The number of hydrogen-bond donors (Lipinski definition) is 3. The van der Waals surface area contributed by atoms with E-state index >= 15 is 0 Å². The Morgan fingerprint density at radius 1 is 0.931 bits per heavy atom. The number of hydrogen-bond acceptors (Lipinski definition) is 5. The molecule has 2 aromatic carbocycles. The van der Waals surface area contributed by atoms with Crippen LogP contribution in [0.25, 0.3) is 0 Å². The second-order valence-electron chi connectivity index (χ2n) is 6.52. The van der Waals surface area contributed by atoms with Gasteiger partial charge in [0.1, 0.15) is 17.8 Å². The molecule has 0 bridgehead atoms. The maximum atomic E-state index is 12.3. The van der Waals surface area contributed by atoms with Crippen LogP contribution in [0.1, 0.15) is 29.4 Å². The third-order valence-electron chi connectivity index (χ3n) is 4.15. The molecule has 0 fully saturated rings. The van der Waals surface area contributed by atoms with Gasteiger partial charge in [-0.1, -0.05) is 30.3 Å². The van der Waals surface area contributed by atoms with Crippen LogP contribution in [0.15, 0.2) is 67.0 Å². The summed E-state index contributed by atoms with van der Waals surface area (Å²) in [6.45, 7) is 2.03. The monoisotopic (exact) mass is 389 g/mol. The highest BCUT2D eigenvalue weighted by atomic mass is 16.2. The lowest BCUT2D eigenvalue weighted by Crippen LogP contribution is -2.25. The van der Waals surface area contributed by atoms with Crippen molar-refractivity contribution in [2.45, 2.75) is 19.8 Å². The number of aryl methyl sites for hydroxylation is 1. The minimum absolute atomic E-state index is 0.124. The minimum Gasteiger partial charge on any atom is -0.351 e. The van der Waals surface area contributed by atoms with E-state index in [0.29, 0.717) is 23.7 Å². The van der Waals surface area contributed by atoms with Crippen LogP contribution in [0, 0.1) is 0 Å². The lowest BCUT2D eigenvalue weighted by Gasteiger charge is -2.09. The topological polar surface area (TPSA) is 96.0 Å². The number of amides is 2. The molecule has 0 aliphatic rings. The Kier molecular flexibility index (Phi) is 6.89. The molecule has 1 aromatic heterocycles. The van der Waals surface area contributed by atoms with Gasteiger partial charge >= 0.3 is 0 Å². The molecule has 0 aliphatic heterocycles. The molecule has 0 saturated heterocycles. The van der Waals surface area contributed by atoms with Crippen molar-refractivity contribution < 1.29 is 9.59 Å². The van der Waals surface area contributed by atoms with Gasteiger partial charge in [-0.25, -0.2) is 9.97 Å². The van der Waals surface area contributed by atoms with Crippen LogP contribution in [0.5, 0.6) is 0 Å². The van der Waals surface area contributed by atoms with Crippen LogP contribution in [0.4, 0.5) is 17.2 Å². The summed E-state index contributed by atoms with van der Waals surface area (Å²) < 4.78 is 0. The van der Waals surface area contributed by atoms with Crippen LogP contribution in [-0.2, 0) is 11.2 Å². The first-order chi connectivity index (χ1) is 14.1. The fraction of sp³-hybridized carbons (Fsp3) is 0.182. The summed E-state index contributed by atoms with van der Waals surface area (Å²) in [7, 11) is 0. The molecule has 2 amide bonds. The highest BCUT2D eigenvalue weighted by molar-refractivity contribution is 5.93. The molecule has 0 radical (unpaired) electrons. The Morgan fingerprint density at radius 2 is 1.66 bits per heavy atom. The predicted octanol–water partition coefficient (Wildman–Crippen LogP) is 3.54. The molecule has 148 valence electrons. The lowest BCUT2D eigenvalue weighted by atomic mass is 10.1. The maximum absolute atomic E-state index is 12.3. The Bertz CT molecular complexity index is 958. The van der Waals surface area contributed by atoms with Crippen molar-refractivity contribution in [3.63, 3.8) is 0 Å². The molecule has 0 unspecified atom stereocenters. The van der Waals surface area contributed by atoms with Gasteiger partial charge in [-0.05, 0) is 42.7 Å². The van der Waals surface area contributed by atoms with Crippen molar-refractivity contribution in [3.8, 4) is 0 Å². The molecule has 3 N–H and O–H groups in total. The highest BCUT2D eigenvalue weighted by Gasteiger charge is 2.08. The van der Waals surface area contributed by atoms with Crippen molar-refractivity contribution >= 4 is 29.0 Å². The number of carbonyl (C=O) groups is 2. The summed E-state index contributed by atoms with van der Waals surface area (Å²) in [5, 5.41) is 8.72. The van der Waals surface area contributed by atoms with E-state index in [2.05, 4.69) is 38.1 Å². The van der Waals surface area contributed by atoms with E-state index in [-0.39, 0.29) is 11.8 Å². The maximum Gasteiger partial charge on any atom is 0.270 e. The molecule has 1 heterocycles. The highest BCUT2D eigenvalue weighted by Crippen LogP contribution is 2.17. The molecule has 0 aliphatic carbocycles. The number of nitrogens with one attached hydrogen (secondary N) is 3. The first kappa shape index (κ1) is 20.0. The Labute approximate surface area is 169 Å². The van der Waals surface area contributed by atoms with Crippen LogP contribution >= 0.6 is 0 Å². The third-order valence-corrected chi connectivity index (χ3v) is 4.15. The predicted molar refractivity (Wildman–Crippen MR) is 113 cm³/mol. The SMILES string of the molecule is CC(=O)Nc1ccc(Nc2cc(C(=O)NCCCc3ccccc3)ncn2)cc1. The molecule has 3 aromatic rings. The van der Waals surface area contributed by atoms with Crippen molar-refractivity contribution in [3.05, 3.63) is 78.2 Å². The van der Waals surface area contributed by atoms with E-state index in [9.17, 15) is 9.59 Å². The average molecular weight is 389 g/mol. The number of benzene rings is 2. The van der Waals surface area contributed by atoms with Crippen molar-refractivity contribution in [2.24, 2.45) is 0 Å². The molecule has 29 heavy (non-hydrogen) atoms. The summed E-state index contributed by atoms with van der Waals surface area (Å²) in [4.78, 5) is 31.6. The van der Waals surface area contributed by atoms with Gasteiger partial charge in [0.25, 0.3) is 5.91 Å². The van der Waals surface area contributed by atoms with Gasteiger partial charge in [0.15, 0.2) is 0 Å². The summed E-state index contributed by atoms with van der Waals surface area (Å²) in [6, 6.07) is 19.0. The van der Waals surface area contributed by atoms with Crippen molar-refractivity contribution in [1.29, 1.82) is 0 Å². The Hall–Kier alpha value is -3.74. The molecule has 0 atom stereocenters. The normalized spacial score (nSPS) is 10.2. The summed E-state index contributed by atoms with van der Waals surface area (Å²) in [6.07, 6.45) is 3.12. The number of anilines is 3. The standard InChI is InChI=1S/C22H23N5O2/c1-16(28)26-18-9-11-19(12-10-18)27-21-14-20(24-15-25-21)22(29)23-13-5-8-17-6-3-2-4-7-17/h2-4,6-7,9-12,14-15H,5,8,13H2,1H3,(H,23,29)(H,26,28)(H,24,25,27). The van der Waals surface area contributed by atoms with Crippen molar-refractivity contribution in [1.82, 2.24) is 15.3 Å². The zero-order chi connectivity index (χ0) is 20.5. The van der Waals surface area contributed by atoms with E-state index in [0.717, 1.165) is 18.5 Å². The summed E-state index contributed by atoms with van der Waals surface area (Å²) in [5.74, 6) is 0.159. The Morgan fingerprint density at radius 3 is 2.38 bits per heavy atom. The van der Waals surface area contributed by atoms with E-state index < -0.39 is 0 Å². The lowest BCUT2D eigenvalue weighted by molar-refractivity contribution is -0.114. The number of carbonyl (C=O) groups excluding carboxylic acids is 2. The second kappa shape index (κ2) is 9.98. The fourth-order valence-electron chi connectivity index (χ4n) is 2.77. The van der Waals surface area contributed by atoms with E-state index in [1.54, 1.807) is 18.2 Å². The zero-order valence-electron chi connectivity index (χ0n) is 16.2. The summed E-state index contributed by atoms with van der Waals surface area (Å²) >= 11 is 0. The largest absolute Gasteiger partial charge is 0.351 e. The quantitative estimate of drug-likeness (QED) is 0.512. The molecule has 0 saturated carbocycles. The second-order valence-corrected chi connectivity index (χ2v) is 6.52. The average Bonchev–Trinajstić information content (AvgIpc) is 2.73. The molecule has 7 heteroatoms. The molecule has 0 spiro atoms. The first-order valence-corrected chi connectivity index (χ1v) is 9.39. The van der Waals surface area contributed by atoms with Gasteiger partial charge in [0.05, 0.1) is 0 Å². The zero-order valence-corrected chi connectivity index (χ0v) is 16.2. The van der Waals surface area contributed by atoms with E-state index in [1.165, 1.54) is 18.8 Å². The van der Waals surface area contributed by atoms with E-state index in [4.69, 9.17) is 0 Å². The van der Waals surface area contributed by atoms with Gasteiger partial charge in [0.2, 0.25) is 5.91 Å². The number of nitrogens with zero attached hydrogens (tertiary/aromatic N) is 2. The molecular weight excluding hydrogens is 366 g/mol. The van der Waals surface area contributed by atoms with Crippen LogP contribution < -0.4 is 16.0 Å². The van der Waals surface area contributed by atoms with Crippen LogP contribution in [-0.4, -0.2) is 28.3 Å². The fourth-order valence-corrected chi connectivity index (χ4v) is 2.77. The third kappa shape index (κ3) is 6.42. The molecule has 3 rings (SSSR count). The minimum atomic E-state index is -0.232. The summed E-state index contributed by atoms with van der Waals surface area (Å²) in [5.41, 5.74) is 3.05. The van der Waals surface area contributed by atoms with Crippen LogP contribution in [0.3, 0.4) is 0 Å².